The van der Waals surface area contributed by atoms with Crippen LogP contribution < -0.4 is 14.8 Å². The van der Waals surface area contributed by atoms with Crippen LogP contribution >= 0.6 is 23.2 Å². The quantitative estimate of drug-likeness (QED) is 0.644. The molecule has 2 aromatic carbocycles. The zero-order valence-electron chi connectivity index (χ0n) is 18.2. The summed E-state index contributed by atoms with van der Waals surface area (Å²) in [6.07, 6.45) is 2.50. The van der Waals surface area contributed by atoms with E-state index in [1.165, 1.54) is 6.07 Å². The number of benzene rings is 2. The van der Waals surface area contributed by atoms with E-state index in [1.807, 2.05) is 12.1 Å². The lowest BCUT2D eigenvalue weighted by Gasteiger charge is -2.41. The van der Waals surface area contributed by atoms with Crippen LogP contribution in [0.1, 0.15) is 24.0 Å². The zero-order chi connectivity index (χ0) is 22.9. The van der Waals surface area contributed by atoms with Gasteiger partial charge in [-0.1, -0.05) is 23.2 Å². The van der Waals surface area contributed by atoms with Crippen molar-refractivity contribution in [2.75, 3.05) is 33.9 Å². The number of halogens is 2. The van der Waals surface area contributed by atoms with Crippen LogP contribution in [0.25, 0.3) is 0 Å². The molecule has 174 valence electrons. The summed E-state index contributed by atoms with van der Waals surface area (Å²) in [5.41, 5.74) is 2.20. The van der Waals surface area contributed by atoms with E-state index in [-0.39, 0.29) is 15.8 Å². The first-order valence-corrected chi connectivity index (χ1v) is 13.0. The maximum atomic E-state index is 14.0. The van der Waals surface area contributed by atoms with E-state index in [0.29, 0.717) is 36.2 Å². The number of piperidine rings is 1. The first-order chi connectivity index (χ1) is 15.3. The molecule has 32 heavy (non-hydrogen) atoms. The van der Waals surface area contributed by atoms with Gasteiger partial charge in [-0.2, -0.15) is 0 Å². The molecule has 0 radical (unpaired) electrons. The first-order valence-electron chi connectivity index (χ1n) is 10.7. The Morgan fingerprint density at radius 3 is 2.47 bits per heavy atom. The molecule has 2 aliphatic rings. The van der Waals surface area contributed by atoms with Crippen LogP contribution in [0.4, 0.5) is 0 Å². The summed E-state index contributed by atoms with van der Waals surface area (Å²) in [4.78, 5) is 2.17. The van der Waals surface area contributed by atoms with Gasteiger partial charge in [0.15, 0.2) is 21.3 Å². The van der Waals surface area contributed by atoms with Gasteiger partial charge in [0, 0.05) is 30.6 Å². The molecule has 1 fully saturated rings. The van der Waals surface area contributed by atoms with E-state index in [0.717, 1.165) is 36.9 Å². The van der Waals surface area contributed by atoms with E-state index < -0.39 is 15.2 Å². The predicted molar refractivity (Wildman–Crippen MR) is 127 cm³/mol. The van der Waals surface area contributed by atoms with Crippen LogP contribution in [0.5, 0.6) is 11.5 Å². The van der Waals surface area contributed by atoms with E-state index in [4.69, 9.17) is 32.7 Å². The highest BCUT2D eigenvalue weighted by Gasteiger charge is 2.42. The highest BCUT2D eigenvalue weighted by molar-refractivity contribution is 7.92. The highest BCUT2D eigenvalue weighted by Crippen LogP contribution is 2.38. The third-order valence-corrected chi connectivity index (χ3v) is 9.31. The summed E-state index contributed by atoms with van der Waals surface area (Å²) < 4.78 is 38.9. The van der Waals surface area contributed by atoms with Crippen molar-refractivity contribution in [3.63, 3.8) is 0 Å². The SMILES string of the molecule is COc1cc2c(cc1OC)CN(C(C1CCCNC1)S(=O)(=O)c1cc(Cl)ccc1Cl)CC2. The number of nitrogens with one attached hydrogen (secondary N) is 1. The Bertz CT molecular complexity index is 1090. The largest absolute Gasteiger partial charge is 0.493 e. The molecule has 1 N–H and O–H groups in total. The van der Waals surface area contributed by atoms with Gasteiger partial charge in [0.1, 0.15) is 5.37 Å². The minimum Gasteiger partial charge on any atom is -0.493 e. The van der Waals surface area contributed by atoms with Crippen molar-refractivity contribution in [2.45, 2.75) is 36.1 Å². The number of hydrogen-bond donors (Lipinski definition) is 1. The third-order valence-electron chi connectivity index (χ3n) is 6.36. The molecule has 0 amide bonds. The Morgan fingerprint density at radius 1 is 1.09 bits per heavy atom. The molecule has 1 saturated heterocycles. The van der Waals surface area contributed by atoms with Crippen LogP contribution in [0.3, 0.4) is 0 Å². The molecule has 0 bridgehead atoms. The maximum absolute atomic E-state index is 14.0. The van der Waals surface area contributed by atoms with Gasteiger partial charge in [0.25, 0.3) is 0 Å². The molecule has 9 heteroatoms. The number of ether oxygens (including phenoxy) is 2. The summed E-state index contributed by atoms with van der Waals surface area (Å²) in [6, 6.07) is 8.57. The second kappa shape index (κ2) is 9.77. The molecule has 2 aromatic rings. The monoisotopic (exact) mass is 498 g/mol. The Hall–Kier alpha value is -1.51. The van der Waals surface area contributed by atoms with Crippen molar-refractivity contribution >= 4 is 33.0 Å². The molecule has 2 aliphatic heterocycles. The average molecular weight is 499 g/mol. The second-order valence-electron chi connectivity index (χ2n) is 8.31. The fourth-order valence-electron chi connectivity index (χ4n) is 4.82. The van der Waals surface area contributed by atoms with Crippen LogP contribution in [0, 0.1) is 5.92 Å². The van der Waals surface area contributed by atoms with Gasteiger partial charge in [0.05, 0.1) is 24.1 Å². The summed E-state index contributed by atoms with van der Waals surface area (Å²) >= 11 is 12.5. The van der Waals surface area contributed by atoms with E-state index >= 15 is 0 Å². The normalized spacial score (nSPS) is 20.4. The maximum Gasteiger partial charge on any atom is 0.196 e. The van der Waals surface area contributed by atoms with Crippen LogP contribution in [0.2, 0.25) is 10.0 Å². The smallest absolute Gasteiger partial charge is 0.196 e. The van der Waals surface area contributed by atoms with Gasteiger partial charge in [-0.15, -0.1) is 0 Å². The van der Waals surface area contributed by atoms with Crippen molar-refractivity contribution in [3.05, 3.63) is 51.5 Å². The number of methoxy groups -OCH3 is 2. The van der Waals surface area contributed by atoms with Crippen molar-refractivity contribution in [3.8, 4) is 11.5 Å². The molecule has 0 saturated carbocycles. The number of sulfone groups is 1. The molecular formula is C23H28Cl2N2O4S. The van der Waals surface area contributed by atoms with Gasteiger partial charge in [-0.05, 0) is 67.3 Å². The summed E-state index contributed by atoms with van der Waals surface area (Å²) in [7, 11) is -0.549. The van der Waals surface area contributed by atoms with Crippen LogP contribution in [-0.4, -0.2) is 52.5 Å². The Kier molecular flexibility index (Phi) is 7.22. The summed E-state index contributed by atoms with van der Waals surface area (Å²) in [5, 5.41) is 3.23. The fourth-order valence-corrected chi connectivity index (χ4v) is 7.70. The highest BCUT2D eigenvalue weighted by atomic mass is 35.5. The Labute approximate surface area is 199 Å². The lowest BCUT2D eigenvalue weighted by atomic mass is 9.95. The predicted octanol–water partition coefficient (Wildman–Crippen LogP) is 4.17. The van der Waals surface area contributed by atoms with Crippen molar-refractivity contribution in [1.29, 1.82) is 0 Å². The van der Waals surface area contributed by atoms with E-state index in [9.17, 15) is 8.42 Å². The van der Waals surface area contributed by atoms with Crippen molar-refractivity contribution in [1.82, 2.24) is 10.2 Å². The molecular weight excluding hydrogens is 471 g/mol. The average Bonchev–Trinajstić information content (AvgIpc) is 2.80. The standard InChI is InChI=1S/C23H28Cl2N2O4S/c1-30-20-10-15-7-9-27(14-17(15)11-21(20)31-2)23(16-4-3-8-26-13-16)32(28,29)22-12-18(24)5-6-19(22)25/h5-6,10-12,16,23,26H,3-4,7-9,13-14H2,1-2H3. The number of hydrogen-bond acceptors (Lipinski definition) is 6. The van der Waals surface area contributed by atoms with E-state index in [1.54, 1.807) is 26.4 Å². The molecule has 2 atom stereocenters. The zero-order valence-corrected chi connectivity index (χ0v) is 20.6. The second-order valence-corrected chi connectivity index (χ2v) is 11.2. The van der Waals surface area contributed by atoms with Gasteiger partial charge in [-0.3, -0.25) is 4.90 Å². The van der Waals surface area contributed by atoms with Gasteiger partial charge in [-0.25, -0.2) is 8.42 Å². The summed E-state index contributed by atoms with van der Waals surface area (Å²) in [6.45, 7) is 2.69. The van der Waals surface area contributed by atoms with E-state index in [2.05, 4.69) is 10.2 Å². The molecule has 0 aromatic heterocycles. The molecule has 2 heterocycles. The van der Waals surface area contributed by atoms with Gasteiger partial charge < -0.3 is 14.8 Å². The molecule has 6 nitrogen and oxygen atoms in total. The molecule has 0 spiro atoms. The first kappa shape index (κ1) is 23.6. The lowest BCUT2D eigenvalue weighted by Crippen LogP contribution is -2.52. The van der Waals surface area contributed by atoms with Crippen molar-refractivity contribution in [2.24, 2.45) is 5.92 Å². The minimum atomic E-state index is -3.77. The Morgan fingerprint density at radius 2 is 1.81 bits per heavy atom. The minimum absolute atomic E-state index is 0.0505. The summed E-state index contributed by atoms with van der Waals surface area (Å²) in [5.74, 6) is 1.28. The fraction of sp³-hybridized carbons (Fsp3) is 0.478. The number of nitrogens with zero attached hydrogens (tertiary/aromatic N) is 1. The van der Waals surface area contributed by atoms with Crippen LogP contribution in [0.15, 0.2) is 35.2 Å². The molecule has 0 aliphatic carbocycles. The third kappa shape index (κ3) is 4.59. The lowest BCUT2D eigenvalue weighted by molar-refractivity contribution is 0.161. The van der Waals surface area contributed by atoms with Crippen molar-refractivity contribution < 1.29 is 17.9 Å². The Balaban J connectivity index is 1.74. The van der Waals surface area contributed by atoms with Crippen LogP contribution in [-0.2, 0) is 22.8 Å². The van der Waals surface area contributed by atoms with Gasteiger partial charge >= 0.3 is 0 Å². The molecule has 4 rings (SSSR count). The van der Waals surface area contributed by atoms with Gasteiger partial charge in [0.2, 0.25) is 0 Å². The number of rotatable bonds is 6. The molecule has 2 unspecified atom stereocenters. The number of fused-ring (bicyclic) bond motifs is 1. The topological polar surface area (TPSA) is 67.9 Å².